The third-order valence-corrected chi connectivity index (χ3v) is 3.49. The molecule has 112 valence electrons. The Kier molecular flexibility index (Phi) is 7.78. The van der Waals surface area contributed by atoms with Gasteiger partial charge >= 0.3 is 0 Å². The molecule has 4 heteroatoms. The topological polar surface area (TPSA) is 43.5 Å². The summed E-state index contributed by atoms with van der Waals surface area (Å²) in [6.45, 7) is 5.19. The average Bonchev–Trinajstić information content (AvgIpc) is 3.28. The largest absolute Gasteiger partial charge is 0.379 e. The molecule has 2 atom stereocenters. The minimum Gasteiger partial charge on any atom is -0.379 e. The van der Waals surface area contributed by atoms with Gasteiger partial charge in [0, 0.05) is 13.2 Å². The number of rotatable bonds is 14. The van der Waals surface area contributed by atoms with Crippen molar-refractivity contribution < 1.29 is 18.9 Å². The van der Waals surface area contributed by atoms with Crippen LogP contribution in [0.4, 0.5) is 0 Å². The fraction of sp³-hybridized carbons (Fsp3) is 1.00. The van der Waals surface area contributed by atoms with Crippen LogP contribution >= 0.6 is 0 Å². The number of unbranched alkanes of at least 4 members (excludes halogenated alkanes) is 6. The molecule has 0 saturated carbocycles. The number of ether oxygens (including phenoxy) is 4. The molecule has 0 bridgehead atoms. The molecular weight excluding hydrogens is 244 g/mol. The first-order valence-electron chi connectivity index (χ1n) is 7.84. The van der Waals surface area contributed by atoms with Crippen LogP contribution in [0.15, 0.2) is 0 Å². The molecule has 2 saturated heterocycles. The van der Waals surface area contributed by atoms with Gasteiger partial charge in [-0.05, 0) is 12.8 Å². The summed E-state index contributed by atoms with van der Waals surface area (Å²) in [6.07, 6.45) is 9.80. The first kappa shape index (κ1) is 15.2. The van der Waals surface area contributed by atoms with Crippen molar-refractivity contribution >= 4 is 0 Å². The maximum atomic E-state index is 5.50. The maximum Gasteiger partial charge on any atom is 0.104 e. The molecule has 2 unspecified atom stereocenters. The van der Waals surface area contributed by atoms with Gasteiger partial charge in [0.2, 0.25) is 0 Å². The second kappa shape index (κ2) is 9.70. The molecule has 2 heterocycles. The van der Waals surface area contributed by atoms with Gasteiger partial charge in [-0.25, -0.2) is 0 Å². The summed E-state index contributed by atoms with van der Waals surface area (Å²) in [5, 5.41) is 0. The van der Waals surface area contributed by atoms with Crippen LogP contribution in [0.2, 0.25) is 0 Å². The molecule has 0 aliphatic carbocycles. The first-order valence-corrected chi connectivity index (χ1v) is 7.84. The monoisotopic (exact) mass is 272 g/mol. The third kappa shape index (κ3) is 9.38. The SMILES string of the molecule is C(CCCCOCC1CO1)CCCCOCC1CO1. The van der Waals surface area contributed by atoms with E-state index in [1.165, 1.54) is 44.9 Å². The lowest BCUT2D eigenvalue weighted by atomic mass is 10.1. The highest BCUT2D eigenvalue weighted by Gasteiger charge is 2.22. The summed E-state index contributed by atoms with van der Waals surface area (Å²) in [6, 6.07) is 0. The quantitative estimate of drug-likeness (QED) is 0.360. The Morgan fingerprint density at radius 1 is 0.632 bits per heavy atom. The normalized spacial score (nSPS) is 24.6. The summed E-state index contributed by atoms with van der Waals surface area (Å²) in [5.74, 6) is 0. The van der Waals surface area contributed by atoms with Crippen LogP contribution in [0.25, 0.3) is 0 Å². The molecular formula is C15H28O4. The van der Waals surface area contributed by atoms with Gasteiger partial charge in [0.25, 0.3) is 0 Å². The van der Waals surface area contributed by atoms with Gasteiger partial charge in [-0.1, -0.05) is 32.1 Å². The van der Waals surface area contributed by atoms with E-state index in [0.717, 1.165) is 39.6 Å². The summed E-state index contributed by atoms with van der Waals surface area (Å²) >= 11 is 0. The highest BCUT2D eigenvalue weighted by Crippen LogP contribution is 2.11. The molecule has 0 aromatic carbocycles. The molecule has 4 nitrogen and oxygen atoms in total. The van der Waals surface area contributed by atoms with E-state index in [1.54, 1.807) is 0 Å². The predicted molar refractivity (Wildman–Crippen MR) is 73.4 cm³/mol. The van der Waals surface area contributed by atoms with Crippen LogP contribution in [0, 0.1) is 0 Å². The van der Waals surface area contributed by atoms with E-state index in [9.17, 15) is 0 Å². The van der Waals surface area contributed by atoms with Crippen LogP contribution in [-0.2, 0) is 18.9 Å². The van der Waals surface area contributed by atoms with Crippen molar-refractivity contribution in [2.45, 2.75) is 57.2 Å². The maximum absolute atomic E-state index is 5.50. The van der Waals surface area contributed by atoms with Gasteiger partial charge in [-0.3, -0.25) is 0 Å². The van der Waals surface area contributed by atoms with E-state index in [2.05, 4.69) is 0 Å². The molecule has 2 rings (SSSR count). The number of hydrogen-bond acceptors (Lipinski definition) is 4. The van der Waals surface area contributed by atoms with Crippen molar-refractivity contribution in [3.8, 4) is 0 Å². The summed E-state index contributed by atoms with van der Waals surface area (Å²) < 4.78 is 21.2. The van der Waals surface area contributed by atoms with Crippen LogP contribution < -0.4 is 0 Å². The van der Waals surface area contributed by atoms with Crippen molar-refractivity contribution in [3.05, 3.63) is 0 Å². The second-order valence-corrected chi connectivity index (χ2v) is 5.54. The third-order valence-electron chi connectivity index (χ3n) is 3.49. The van der Waals surface area contributed by atoms with E-state index >= 15 is 0 Å². The fourth-order valence-corrected chi connectivity index (χ4v) is 2.05. The number of hydrogen-bond donors (Lipinski definition) is 0. The van der Waals surface area contributed by atoms with Crippen molar-refractivity contribution in [2.75, 3.05) is 39.6 Å². The van der Waals surface area contributed by atoms with E-state index in [1.807, 2.05) is 0 Å². The van der Waals surface area contributed by atoms with Gasteiger partial charge < -0.3 is 18.9 Å². The Labute approximate surface area is 116 Å². The minimum absolute atomic E-state index is 0.411. The molecule has 2 fully saturated rings. The van der Waals surface area contributed by atoms with Crippen LogP contribution in [0.5, 0.6) is 0 Å². The highest BCUT2D eigenvalue weighted by atomic mass is 16.6. The van der Waals surface area contributed by atoms with Crippen LogP contribution in [0.1, 0.15) is 44.9 Å². The van der Waals surface area contributed by atoms with Gasteiger partial charge in [0.1, 0.15) is 12.2 Å². The van der Waals surface area contributed by atoms with E-state index in [0.29, 0.717) is 12.2 Å². The lowest BCUT2D eigenvalue weighted by Crippen LogP contribution is -2.02. The summed E-state index contributed by atoms with van der Waals surface area (Å²) in [5.41, 5.74) is 0. The molecule has 0 spiro atoms. The molecule has 0 N–H and O–H groups in total. The molecule has 2 aliphatic rings. The summed E-state index contributed by atoms with van der Waals surface area (Å²) in [7, 11) is 0. The van der Waals surface area contributed by atoms with E-state index in [-0.39, 0.29) is 0 Å². The molecule has 0 aromatic heterocycles. The molecule has 2 aliphatic heterocycles. The van der Waals surface area contributed by atoms with Crippen molar-refractivity contribution in [3.63, 3.8) is 0 Å². The van der Waals surface area contributed by atoms with Crippen molar-refractivity contribution in [2.24, 2.45) is 0 Å². The molecule has 0 amide bonds. The summed E-state index contributed by atoms with van der Waals surface area (Å²) in [4.78, 5) is 0. The van der Waals surface area contributed by atoms with Crippen LogP contribution in [0.3, 0.4) is 0 Å². The Balaban J connectivity index is 1.18. The zero-order valence-corrected chi connectivity index (χ0v) is 12.0. The average molecular weight is 272 g/mol. The van der Waals surface area contributed by atoms with Crippen molar-refractivity contribution in [1.82, 2.24) is 0 Å². The van der Waals surface area contributed by atoms with Crippen LogP contribution in [-0.4, -0.2) is 51.8 Å². The molecule has 0 radical (unpaired) electrons. The molecule has 19 heavy (non-hydrogen) atoms. The zero-order valence-electron chi connectivity index (χ0n) is 12.0. The highest BCUT2D eigenvalue weighted by molar-refractivity contribution is 4.67. The Morgan fingerprint density at radius 3 is 1.37 bits per heavy atom. The number of epoxide rings is 2. The van der Waals surface area contributed by atoms with Gasteiger partial charge in [0.15, 0.2) is 0 Å². The lowest BCUT2D eigenvalue weighted by molar-refractivity contribution is 0.111. The van der Waals surface area contributed by atoms with Gasteiger partial charge in [-0.2, -0.15) is 0 Å². The zero-order chi connectivity index (χ0) is 13.2. The van der Waals surface area contributed by atoms with Gasteiger partial charge in [-0.15, -0.1) is 0 Å². The van der Waals surface area contributed by atoms with E-state index in [4.69, 9.17) is 18.9 Å². The van der Waals surface area contributed by atoms with E-state index < -0.39 is 0 Å². The minimum atomic E-state index is 0.411. The first-order chi connectivity index (χ1) is 9.45. The smallest absolute Gasteiger partial charge is 0.104 e. The standard InChI is InChI=1S/C15H28O4/c1(2-4-6-8-16-10-14-12-18-14)3-5-7-9-17-11-15-13-19-15/h14-15H,1-13H2. The molecule has 0 aromatic rings. The van der Waals surface area contributed by atoms with Gasteiger partial charge in [0.05, 0.1) is 26.4 Å². The lowest BCUT2D eigenvalue weighted by Gasteiger charge is -2.04. The second-order valence-electron chi connectivity index (χ2n) is 5.54. The Bertz CT molecular complexity index is 192. The fourth-order valence-electron chi connectivity index (χ4n) is 2.05. The predicted octanol–water partition coefficient (Wildman–Crippen LogP) is 2.55. The Morgan fingerprint density at radius 2 is 1.00 bits per heavy atom. The Hall–Kier alpha value is -0.160. The van der Waals surface area contributed by atoms with Crippen molar-refractivity contribution in [1.29, 1.82) is 0 Å².